The van der Waals surface area contributed by atoms with E-state index >= 15 is 0 Å². The van der Waals surface area contributed by atoms with Gasteiger partial charge in [0.15, 0.2) is 11.4 Å². The van der Waals surface area contributed by atoms with Crippen molar-refractivity contribution in [3.63, 3.8) is 0 Å². The largest absolute Gasteiger partial charge is 0.482 e. The van der Waals surface area contributed by atoms with Crippen LogP contribution in [0, 0.1) is 0 Å². The van der Waals surface area contributed by atoms with Gasteiger partial charge >= 0.3 is 0 Å². The molecule has 6 nitrogen and oxygen atoms in total. The van der Waals surface area contributed by atoms with Gasteiger partial charge in [0.2, 0.25) is 5.43 Å². The molecular weight excluding hydrogens is 318 g/mol. The van der Waals surface area contributed by atoms with Crippen molar-refractivity contribution in [1.82, 2.24) is 9.58 Å². The van der Waals surface area contributed by atoms with Crippen LogP contribution in [0.2, 0.25) is 0 Å². The summed E-state index contributed by atoms with van der Waals surface area (Å²) < 4.78 is 7.30. The number of pyridine rings is 1. The first-order valence-corrected chi connectivity index (χ1v) is 8.19. The van der Waals surface area contributed by atoms with E-state index in [1.54, 1.807) is 22.8 Å². The summed E-state index contributed by atoms with van der Waals surface area (Å²) in [6, 6.07) is 10.9. The number of amides is 1. The van der Waals surface area contributed by atoms with Crippen LogP contribution in [0.25, 0.3) is 0 Å². The molecule has 2 heterocycles. The van der Waals surface area contributed by atoms with Gasteiger partial charge in [-0.2, -0.15) is 0 Å². The van der Waals surface area contributed by atoms with Crippen molar-refractivity contribution in [2.45, 2.75) is 25.6 Å². The average molecular weight is 339 g/mol. The lowest BCUT2D eigenvalue weighted by Gasteiger charge is -2.36. The predicted octanol–water partition coefficient (Wildman–Crippen LogP) is 2.35. The number of allylic oxidation sites excluding steroid dienone is 1. The van der Waals surface area contributed by atoms with Gasteiger partial charge in [-0.3, -0.25) is 14.3 Å². The summed E-state index contributed by atoms with van der Waals surface area (Å²) in [5.74, 6) is -0.175. The number of nitrogens with one attached hydrogen (secondary N) is 1. The summed E-state index contributed by atoms with van der Waals surface area (Å²) >= 11 is 0. The molecule has 1 aromatic carbocycles. The fourth-order valence-electron chi connectivity index (χ4n) is 2.79. The molecule has 1 aliphatic rings. The van der Waals surface area contributed by atoms with Crippen molar-refractivity contribution >= 4 is 5.91 Å². The van der Waals surface area contributed by atoms with Gasteiger partial charge in [-0.25, -0.2) is 0 Å². The van der Waals surface area contributed by atoms with Gasteiger partial charge in [-0.1, -0.05) is 36.4 Å². The van der Waals surface area contributed by atoms with Gasteiger partial charge < -0.3 is 15.1 Å². The van der Waals surface area contributed by atoms with E-state index in [2.05, 4.69) is 12.0 Å². The second-order valence-electron chi connectivity index (χ2n) is 5.93. The van der Waals surface area contributed by atoms with Gasteiger partial charge in [0.05, 0.1) is 0 Å². The topological polar surface area (TPSA) is 63.6 Å². The van der Waals surface area contributed by atoms with Crippen LogP contribution < -0.4 is 15.6 Å². The number of fused-ring (bicyclic) bond motifs is 1. The summed E-state index contributed by atoms with van der Waals surface area (Å²) in [4.78, 5) is 26.7. The first kappa shape index (κ1) is 16.8. The van der Waals surface area contributed by atoms with E-state index in [1.165, 1.54) is 6.07 Å². The van der Waals surface area contributed by atoms with Crippen molar-refractivity contribution < 1.29 is 9.53 Å². The zero-order chi connectivity index (χ0) is 17.8. The van der Waals surface area contributed by atoms with Crippen LogP contribution in [0.1, 0.15) is 28.9 Å². The molecule has 1 amide bonds. The molecule has 0 bridgehead atoms. The van der Waals surface area contributed by atoms with E-state index in [-0.39, 0.29) is 35.6 Å². The maximum absolute atomic E-state index is 12.8. The van der Waals surface area contributed by atoms with E-state index < -0.39 is 0 Å². The molecule has 0 saturated heterocycles. The molecule has 2 aromatic rings. The zero-order valence-electron chi connectivity index (χ0n) is 14.1. The van der Waals surface area contributed by atoms with E-state index in [0.717, 1.165) is 18.4 Å². The molecule has 0 saturated carbocycles. The predicted molar refractivity (Wildman–Crippen MR) is 96.1 cm³/mol. The minimum atomic E-state index is -0.310. The highest BCUT2D eigenvalue weighted by molar-refractivity contribution is 5.96. The molecular formula is C19H21N3O3. The van der Waals surface area contributed by atoms with Gasteiger partial charge in [-0.15, -0.1) is 6.58 Å². The normalized spacial score (nSPS) is 16.1. The van der Waals surface area contributed by atoms with Crippen molar-refractivity contribution in [2.75, 3.05) is 12.5 Å². The highest BCUT2D eigenvalue weighted by atomic mass is 16.5. The second-order valence-corrected chi connectivity index (χ2v) is 5.93. The Morgan fingerprint density at radius 2 is 2.00 bits per heavy atom. The summed E-state index contributed by atoms with van der Waals surface area (Å²) in [6.07, 6.45) is 4.73. The Hall–Kier alpha value is -3.02. The standard InChI is InChI=1S/C19H21N3O3/c1-3-4-10-16-20-22-12-11-15(23)18(17(22)19(24)21(16)2)25-13-14-8-6-5-7-9-14/h3,5-9,11-12,16,20H,1,4,10,13H2,2H3. The molecule has 1 aromatic heterocycles. The molecule has 130 valence electrons. The Bertz CT molecular complexity index is 830. The molecule has 25 heavy (non-hydrogen) atoms. The summed E-state index contributed by atoms with van der Waals surface area (Å²) in [7, 11) is 1.71. The number of hydrogen-bond donors (Lipinski definition) is 1. The average Bonchev–Trinajstić information content (AvgIpc) is 2.63. The van der Waals surface area contributed by atoms with Gasteiger partial charge in [-0.05, 0) is 18.4 Å². The summed E-state index contributed by atoms with van der Waals surface area (Å²) in [6.45, 7) is 3.94. The Kier molecular flexibility index (Phi) is 4.88. The molecule has 1 unspecified atom stereocenters. The molecule has 1 aliphatic heterocycles. The van der Waals surface area contributed by atoms with E-state index in [0.29, 0.717) is 0 Å². The molecule has 1 N–H and O–H groups in total. The number of rotatable bonds is 6. The number of aromatic nitrogens is 1. The van der Waals surface area contributed by atoms with Crippen LogP contribution in [0.4, 0.5) is 0 Å². The molecule has 3 rings (SSSR count). The number of ether oxygens (including phenoxy) is 1. The maximum atomic E-state index is 12.8. The minimum absolute atomic E-state index is 0.0675. The maximum Gasteiger partial charge on any atom is 0.277 e. The number of hydrogen-bond acceptors (Lipinski definition) is 4. The highest BCUT2D eigenvalue weighted by Crippen LogP contribution is 2.22. The fraction of sp³-hybridized carbons (Fsp3) is 0.263. The smallest absolute Gasteiger partial charge is 0.277 e. The molecule has 0 fully saturated rings. The fourth-order valence-corrected chi connectivity index (χ4v) is 2.79. The Morgan fingerprint density at radius 1 is 1.24 bits per heavy atom. The van der Waals surface area contributed by atoms with Gasteiger partial charge in [0.1, 0.15) is 12.8 Å². The third kappa shape index (κ3) is 3.42. The zero-order valence-corrected chi connectivity index (χ0v) is 14.1. The highest BCUT2D eigenvalue weighted by Gasteiger charge is 2.32. The molecule has 1 atom stereocenters. The summed E-state index contributed by atoms with van der Waals surface area (Å²) in [5, 5.41) is 0. The molecule has 6 heteroatoms. The van der Waals surface area contributed by atoms with Gasteiger partial charge in [0.25, 0.3) is 5.91 Å². The lowest BCUT2D eigenvalue weighted by Crippen LogP contribution is -2.52. The van der Waals surface area contributed by atoms with Crippen LogP contribution in [0.3, 0.4) is 0 Å². The Balaban J connectivity index is 1.90. The molecule has 0 spiro atoms. The van der Waals surface area contributed by atoms with Crippen LogP contribution in [0.15, 0.2) is 60.0 Å². The van der Waals surface area contributed by atoms with E-state index in [4.69, 9.17) is 4.74 Å². The summed E-state index contributed by atoms with van der Waals surface area (Å²) in [5.41, 5.74) is 4.07. The minimum Gasteiger partial charge on any atom is -0.482 e. The van der Waals surface area contributed by atoms with Crippen LogP contribution in [-0.2, 0) is 6.61 Å². The van der Waals surface area contributed by atoms with E-state index in [9.17, 15) is 9.59 Å². The van der Waals surface area contributed by atoms with Crippen molar-refractivity contribution in [3.8, 4) is 5.75 Å². The second kappa shape index (κ2) is 7.25. The van der Waals surface area contributed by atoms with Crippen molar-refractivity contribution in [1.29, 1.82) is 0 Å². The first-order valence-electron chi connectivity index (χ1n) is 8.19. The van der Waals surface area contributed by atoms with Crippen molar-refractivity contribution in [2.24, 2.45) is 0 Å². The van der Waals surface area contributed by atoms with Crippen LogP contribution >= 0.6 is 0 Å². The molecule has 0 aliphatic carbocycles. The number of nitrogens with zero attached hydrogens (tertiary/aromatic N) is 2. The van der Waals surface area contributed by atoms with Gasteiger partial charge in [0, 0.05) is 19.3 Å². The SMILES string of the molecule is C=CCCC1Nn2ccc(=O)c(OCc3ccccc3)c2C(=O)N1C. The molecule has 0 radical (unpaired) electrons. The number of carbonyl (C=O) groups is 1. The number of carbonyl (C=O) groups excluding carboxylic acids is 1. The Morgan fingerprint density at radius 3 is 2.72 bits per heavy atom. The Labute approximate surface area is 146 Å². The van der Waals surface area contributed by atoms with E-state index in [1.807, 2.05) is 36.4 Å². The monoisotopic (exact) mass is 339 g/mol. The third-order valence-corrected chi connectivity index (χ3v) is 4.20. The lowest BCUT2D eigenvalue weighted by molar-refractivity contribution is 0.0680. The van der Waals surface area contributed by atoms with Crippen LogP contribution in [-0.4, -0.2) is 28.7 Å². The van der Waals surface area contributed by atoms with Crippen molar-refractivity contribution in [3.05, 3.63) is 76.7 Å². The number of benzene rings is 1. The van der Waals surface area contributed by atoms with Crippen LogP contribution in [0.5, 0.6) is 5.75 Å². The lowest BCUT2D eigenvalue weighted by atomic mass is 10.2. The third-order valence-electron chi connectivity index (χ3n) is 4.20. The first-order chi connectivity index (χ1) is 12.1. The quantitative estimate of drug-likeness (QED) is 0.821.